The van der Waals surface area contributed by atoms with E-state index in [1.165, 1.54) is 6.07 Å². The molecule has 2 aromatic heterocycles. The fourth-order valence-electron chi connectivity index (χ4n) is 6.58. The molecule has 1 aliphatic carbocycles. The van der Waals surface area contributed by atoms with Crippen LogP contribution in [-0.2, 0) is 16.6 Å². The van der Waals surface area contributed by atoms with E-state index in [0.717, 1.165) is 56.5 Å². The van der Waals surface area contributed by atoms with Crippen molar-refractivity contribution in [3.8, 4) is 11.4 Å². The lowest BCUT2D eigenvalue weighted by Gasteiger charge is -2.41. The molecule has 1 aromatic carbocycles. The summed E-state index contributed by atoms with van der Waals surface area (Å²) in [6.07, 6.45) is 5.90. The number of hydrogen-bond donors (Lipinski definition) is 1. The first-order valence-electron chi connectivity index (χ1n) is 14.4. The average Bonchev–Trinajstić information content (AvgIpc) is 3.42. The number of aliphatic hydroxyl groups is 1. The minimum atomic E-state index is -4.38. The summed E-state index contributed by atoms with van der Waals surface area (Å²) >= 11 is 0. The van der Waals surface area contributed by atoms with Crippen molar-refractivity contribution in [2.45, 2.75) is 50.3 Å². The summed E-state index contributed by atoms with van der Waals surface area (Å²) in [7, 11) is 0. The molecule has 1 amide bonds. The van der Waals surface area contributed by atoms with Crippen LogP contribution < -0.4 is 4.90 Å². The van der Waals surface area contributed by atoms with Crippen molar-refractivity contribution >= 4 is 11.6 Å². The number of carbonyl (C=O) groups excluding carboxylic acids is 1. The van der Waals surface area contributed by atoms with Gasteiger partial charge in [0.25, 0.3) is 0 Å². The second-order valence-electron chi connectivity index (χ2n) is 11.8. The van der Waals surface area contributed by atoms with Crippen LogP contribution in [0.4, 0.5) is 18.9 Å². The quantitative estimate of drug-likeness (QED) is 0.436. The fourth-order valence-corrected chi connectivity index (χ4v) is 6.58. The molecule has 7 nitrogen and oxygen atoms in total. The molecule has 0 unspecified atom stereocenters. The number of alkyl halides is 3. The van der Waals surface area contributed by atoms with Gasteiger partial charge in [0.1, 0.15) is 5.60 Å². The summed E-state index contributed by atoms with van der Waals surface area (Å²) in [5.74, 6) is 1.51. The number of hydrogen-bond acceptors (Lipinski definition) is 6. The molecule has 3 fully saturated rings. The summed E-state index contributed by atoms with van der Waals surface area (Å²) in [4.78, 5) is 29.9. The molecule has 3 aliphatic rings. The van der Waals surface area contributed by atoms with Gasteiger partial charge in [-0.05, 0) is 86.8 Å². The SMILES string of the molecule is O=C(C1CN(c2cccc(C(F)(F)F)c2)C1)N1CC[C@H](CC2CCC(O)(c3ccc(-c4ncccn4)cn3)CC2)C1. The van der Waals surface area contributed by atoms with Gasteiger partial charge in [-0.1, -0.05) is 6.07 Å². The van der Waals surface area contributed by atoms with Gasteiger partial charge in [-0.15, -0.1) is 0 Å². The van der Waals surface area contributed by atoms with Crippen LogP contribution >= 0.6 is 0 Å². The Labute approximate surface area is 237 Å². The molecule has 10 heteroatoms. The van der Waals surface area contributed by atoms with Gasteiger partial charge in [0.2, 0.25) is 5.91 Å². The number of nitrogens with zero attached hydrogens (tertiary/aromatic N) is 5. The smallest absolute Gasteiger partial charge is 0.384 e. The number of amides is 1. The van der Waals surface area contributed by atoms with Crippen LogP contribution in [0.15, 0.2) is 61.1 Å². The lowest BCUT2D eigenvalue weighted by Crippen LogP contribution is -2.54. The van der Waals surface area contributed by atoms with Gasteiger partial charge in [-0.2, -0.15) is 13.2 Å². The highest BCUT2D eigenvalue weighted by molar-refractivity contribution is 5.82. The van der Waals surface area contributed by atoms with Gasteiger partial charge in [0.15, 0.2) is 5.82 Å². The van der Waals surface area contributed by atoms with Gasteiger partial charge in [0.05, 0.1) is 17.2 Å². The first-order chi connectivity index (χ1) is 19.7. The summed E-state index contributed by atoms with van der Waals surface area (Å²) in [5.41, 5.74) is 0.419. The third-order valence-electron chi connectivity index (χ3n) is 9.03. The number of rotatable bonds is 6. The third kappa shape index (κ3) is 5.93. The number of halogens is 3. The van der Waals surface area contributed by atoms with Gasteiger partial charge < -0.3 is 14.9 Å². The number of carbonyl (C=O) groups is 1. The summed E-state index contributed by atoms with van der Waals surface area (Å²) in [5, 5.41) is 11.3. The van der Waals surface area contributed by atoms with Crippen LogP contribution in [0.1, 0.15) is 49.8 Å². The summed E-state index contributed by atoms with van der Waals surface area (Å²) in [6.45, 7) is 2.39. The molecule has 1 atom stereocenters. The maximum atomic E-state index is 13.1. The average molecular weight is 566 g/mol. The first-order valence-corrected chi connectivity index (χ1v) is 14.4. The largest absolute Gasteiger partial charge is 0.416 e. The van der Waals surface area contributed by atoms with E-state index in [9.17, 15) is 23.1 Å². The molecule has 2 saturated heterocycles. The van der Waals surface area contributed by atoms with E-state index in [2.05, 4.69) is 15.0 Å². The van der Waals surface area contributed by atoms with E-state index in [-0.39, 0.29) is 11.8 Å². The Balaban J connectivity index is 0.960. The Hall–Kier alpha value is -3.53. The van der Waals surface area contributed by atoms with Crippen molar-refractivity contribution in [1.82, 2.24) is 19.9 Å². The Morgan fingerprint density at radius 3 is 2.39 bits per heavy atom. The molecular weight excluding hydrogens is 531 g/mol. The van der Waals surface area contributed by atoms with Crippen molar-refractivity contribution in [2.24, 2.45) is 17.8 Å². The topological polar surface area (TPSA) is 82.5 Å². The van der Waals surface area contributed by atoms with Crippen LogP contribution in [0.2, 0.25) is 0 Å². The number of pyridine rings is 1. The normalized spacial score (nSPS) is 25.3. The lowest BCUT2D eigenvalue weighted by molar-refractivity contribution is -0.138. The molecule has 1 saturated carbocycles. The summed E-state index contributed by atoms with van der Waals surface area (Å²) in [6, 6.07) is 10.9. The second-order valence-corrected chi connectivity index (χ2v) is 11.8. The molecular formula is C31H34F3N5O2. The predicted octanol–water partition coefficient (Wildman–Crippen LogP) is 5.31. The zero-order valence-corrected chi connectivity index (χ0v) is 22.8. The minimum absolute atomic E-state index is 0.115. The standard InChI is InChI=1S/C31H34F3N5O2/c32-31(33,34)25-3-1-4-26(16-25)39-19-24(20-39)29(40)38-14-9-22(18-38)15-21-7-10-30(41,11-8-21)27-6-5-23(17-37-27)28-35-12-2-13-36-28/h1-6,12-13,16-17,21-22,24,41H,7-11,14-15,18-20H2/t21?,22-,30?/m1/s1. The zero-order valence-electron chi connectivity index (χ0n) is 22.8. The van der Waals surface area contributed by atoms with Crippen molar-refractivity contribution in [3.63, 3.8) is 0 Å². The van der Waals surface area contributed by atoms with Crippen LogP contribution in [-0.4, -0.2) is 57.0 Å². The van der Waals surface area contributed by atoms with Crippen molar-refractivity contribution in [2.75, 3.05) is 31.1 Å². The fraction of sp³-hybridized carbons (Fsp3) is 0.484. The Kier molecular flexibility index (Phi) is 7.44. The minimum Gasteiger partial charge on any atom is -0.384 e. The number of benzene rings is 1. The van der Waals surface area contributed by atoms with Gasteiger partial charge in [-0.25, -0.2) is 9.97 Å². The van der Waals surface area contributed by atoms with Crippen molar-refractivity contribution in [1.29, 1.82) is 0 Å². The highest BCUT2D eigenvalue weighted by Gasteiger charge is 2.41. The van der Waals surface area contributed by atoms with Gasteiger partial charge in [-0.3, -0.25) is 9.78 Å². The number of likely N-dealkylation sites (tertiary alicyclic amines) is 1. The maximum Gasteiger partial charge on any atom is 0.416 e. The molecule has 0 radical (unpaired) electrons. The lowest BCUT2D eigenvalue weighted by atomic mass is 9.74. The molecule has 216 valence electrons. The molecule has 3 aromatic rings. The Morgan fingerprint density at radius 2 is 1.71 bits per heavy atom. The van der Waals surface area contributed by atoms with E-state index < -0.39 is 17.3 Å². The molecule has 4 heterocycles. The monoisotopic (exact) mass is 565 g/mol. The van der Waals surface area contributed by atoms with Crippen LogP contribution in [0, 0.1) is 17.8 Å². The van der Waals surface area contributed by atoms with Crippen LogP contribution in [0.25, 0.3) is 11.4 Å². The summed E-state index contributed by atoms with van der Waals surface area (Å²) < 4.78 is 39.2. The Bertz CT molecular complexity index is 1350. The number of aromatic nitrogens is 3. The van der Waals surface area contributed by atoms with Gasteiger partial charge >= 0.3 is 6.18 Å². The van der Waals surface area contributed by atoms with E-state index >= 15 is 0 Å². The predicted molar refractivity (Wildman–Crippen MR) is 148 cm³/mol. The molecule has 6 rings (SSSR count). The van der Waals surface area contributed by atoms with E-state index in [4.69, 9.17) is 0 Å². The van der Waals surface area contributed by atoms with Crippen molar-refractivity contribution < 1.29 is 23.1 Å². The van der Waals surface area contributed by atoms with E-state index in [1.807, 2.05) is 21.9 Å². The third-order valence-corrected chi connectivity index (χ3v) is 9.03. The molecule has 2 aliphatic heterocycles. The molecule has 41 heavy (non-hydrogen) atoms. The number of anilines is 1. The highest BCUT2D eigenvalue weighted by Crippen LogP contribution is 2.42. The maximum absolute atomic E-state index is 13.1. The van der Waals surface area contributed by atoms with Crippen molar-refractivity contribution in [3.05, 3.63) is 72.3 Å². The van der Waals surface area contributed by atoms with Crippen LogP contribution in [0.3, 0.4) is 0 Å². The first kappa shape index (κ1) is 27.6. The van der Waals surface area contributed by atoms with Crippen LogP contribution in [0.5, 0.6) is 0 Å². The molecule has 0 spiro atoms. The molecule has 0 bridgehead atoms. The Morgan fingerprint density at radius 1 is 0.951 bits per heavy atom. The molecule has 1 N–H and O–H groups in total. The highest BCUT2D eigenvalue weighted by atomic mass is 19.4. The van der Waals surface area contributed by atoms with Gasteiger partial charge in [0, 0.05) is 56.0 Å². The van der Waals surface area contributed by atoms with E-state index in [1.54, 1.807) is 30.7 Å². The second kappa shape index (κ2) is 11.0. The zero-order chi connectivity index (χ0) is 28.6. The van der Waals surface area contributed by atoms with E-state index in [0.29, 0.717) is 55.0 Å².